The van der Waals surface area contributed by atoms with Crippen LogP contribution in [0.5, 0.6) is 0 Å². The normalized spacial score (nSPS) is 46.5. The molecule has 6 unspecified atom stereocenters. The van der Waals surface area contributed by atoms with E-state index in [0.717, 1.165) is 18.4 Å². The third-order valence-corrected chi connectivity index (χ3v) is 5.55. The summed E-state index contributed by atoms with van der Waals surface area (Å²) in [5.41, 5.74) is -0.488. The molecule has 19 heavy (non-hydrogen) atoms. The van der Waals surface area contributed by atoms with Gasteiger partial charge in [0.15, 0.2) is 0 Å². The Morgan fingerprint density at radius 3 is 2.63 bits per heavy atom. The molecule has 0 radical (unpaired) electrons. The quantitative estimate of drug-likeness (QED) is 0.560. The minimum Gasteiger partial charge on any atom is -0.393 e. The fourth-order valence-electron chi connectivity index (χ4n) is 3.97. The van der Waals surface area contributed by atoms with Gasteiger partial charge in [-0.1, -0.05) is 19.1 Å². The second kappa shape index (κ2) is 4.85. The minimum atomic E-state index is -1.08. The van der Waals surface area contributed by atoms with Gasteiger partial charge in [-0.15, -0.1) is 0 Å². The standard InChI is InChI=1S/C15H26O4/c1-9-6-12(17)13(18)14(2)5-4-10(7-11(9)14)15(3,19)8-16/h10-13,16-19H,1,4-8H2,2-3H3. The van der Waals surface area contributed by atoms with Gasteiger partial charge >= 0.3 is 0 Å². The first kappa shape index (κ1) is 15.0. The van der Waals surface area contributed by atoms with Crippen molar-refractivity contribution in [3.05, 3.63) is 12.2 Å². The highest BCUT2D eigenvalue weighted by atomic mass is 16.3. The zero-order valence-corrected chi connectivity index (χ0v) is 11.8. The van der Waals surface area contributed by atoms with E-state index in [-0.39, 0.29) is 23.9 Å². The van der Waals surface area contributed by atoms with Crippen LogP contribution in [0, 0.1) is 17.3 Å². The summed E-state index contributed by atoms with van der Waals surface area (Å²) >= 11 is 0. The maximum atomic E-state index is 10.3. The highest BCUT2D eigenvalue weighted by Crippen LogP contribution is 2.54. The molecule has 0 bridgehead atoms. The zero-order chi connectivity index (χ0) is 14.4. The molecule has 0 aliphatic heterocycles. The van der Waals surface area contributed by atoms with E-state index in [2.05, 4.69) is 6.58 Å². The van der Waals surface area contributed by atoms with Gasteiger partial charge in [-0.25, -0.2) is 0 Å². The lowest BCUT2D eigenvalue weighted by Gasteiger charge is -2.54. The number of aliphatic hydroxyl groups excluding tert-OH is 3. The Balaban J connectivity index is 2.22. The predicted octanol–water partition coefficient (Wildman–Crippen LogP) is 0.834. The van der Waals surface area contributed by atoms with E-state index in [1.54, 1.807) is 6.92 Å². The molecule has 0 aromatic heterocycles. The van der Waals surface area contributed by atoms with Gasteiger partial charge in [0.25, 0.3) is 0 Å². The first-order valence-electron chi connectivity index (χ1n) is 7.09. The van der Waals surface area contributed by atoms with Crippen molar-refractivity contribution in [2.75, 3.05) is 6.61 Å². The smallest absolute Gasteiger partial charge is 0.0877 e. The largest absolute Gasteiger partial charge is 0.393 e. The van der Waals surface area contributed by atoms with Crippen molar-refractivity contribution in [2.45, 2.75) is 57.3 Å². The minimum absolute atomic E-state index is 0.00904. The summed E-state index contributed by atoms with van der Waals surface area (Å²) in [6.45, 7) is 7.47. The molecule has 0 aromatic carbocycles. The van der Waals surface area contributed by atoms with E-state index in [1.165, 1.54) is 0 Å². The Kier molecular flexibility index (Phi) is 3.82. The Hall–Kier alpha value is -0.420. The lowest BCUT2D eigenvalue weighted by atomic mass is 9.53. The predicted molar refractivity (Wildman–Crippen MR) is 72.4 cm³/mol. The maximum Gasteiger partial charge on any atom is 0.0877 e. The van der Waals surface area contributed by atoms with Gasteiger partial charge in [0.1, 0.15) is 0 Å². The zero-order valence-electron chi connectivity index (χ0n) is 11.8. The molecule has 0 aromatic rings. The van der Waals surface area contributed by atoms with E-state index in [4.69, 9.17) is 0 Å². The fourth-order valence-corrected chi connectivity index (χ4v) is 3.97. The number of hydrogen-bond acceptors (Lipinski definition) is 4. The van der Waals surface area contributed by atoms with Crippen LogP contribution in [0.3, 0.4) is 0 Å². The summed E-state index contributed by atoms with van der Waals surface area (Å²) in [5.74, 6) is 0.109. The molecule has 4 nitrogen and oxygen atoms in total. The summed E-state index contributed by atoms with van der Waals surface area (Å²) < 4.78 is 0. The maximum absolute atomic E-state index is 10.3. The van der Waals surface area contributed by atoms with Crippen molar-refractivity contribution in [1.29, 1.82) is 0 Å². The van der Waals surface area contributed by atoms with Crippen LogP contribution < -0.4 is 0 Å². The number of aliphatic hydroxyl groups is 4. The molecule has 0 saturated heterocycles. The van der Waals surface area contributed by atoms with Gasteiger partial charge in [0.05, 0.1) is 24.4 Å². The third-order valence-electron chi connectivity index (χ3n) is 5.55. The van der Waals surface area contributed by atoms with Crippen LogP contribution in [-0.2, 0) is 0 Å². The second-order valence-electron chi connectivity index (χ2n) is 6.92. The van der Waals surface area contributed by atoms with E-state index < -0.39 is 17.8 Å². The van der Waals surface area contributed by atoms with Gasteiger partial charge in [0, 0.05) is 5.41 Å². The molecular weight excluding hydrogens is 244 g/mol. The number of rotatable bonds is 2. The summed E-state index contributed by atoms with van der Waals surface area (Å²) in [4.78, 5) is 0. The van der Waals surface area contributed by atoms with Crippen molar-refractivity contribution in [1.82, 2.24) is 0 Å². The highest BCUT2D eigenvalue weighted by Gasteiger charge is 2.53. The van der Waals surface area contributed by atoms with Gasteiger partial charge in [-0.2, -0.15) is 0 Å². The average Bonchev–Trinajstić information content (AvgIpc) is 2.36. The van der Waals surface area contributed by atoms with E-state index >= 15 is 0 Å². The second-order valence-corrected chi connectivity index (χ2v) is 6.92. The van der Waals surface area contributed by atoms with Gasteiger partial charge in [-0.3, -0.25) is 0 Å². The van der Waals surface area contributed by atoms with Crippen molar-refractivity contribution in [3.8, 4) is 0 Å². The summed E-state index contributed by atoms with van der Waals surface area (Å²) in [6, 6.07) is 0. The SMILES string of the molecule is C=C1CC(O)C(O)C2(C)CCC(C(C)(O)CO)CC12. The number of hydrogen-bond donors (Lipinski definition) is 4. The lowest BCUT2D eigenvalue weighted by Crippen LogP contribution is -2.55. The molecule has 6 atom stereocenters. The van der Waals surface area contributed by atoms with Crippen LogP contribution in [0.15, 0.2) is 12.2 Å². The van der Waals surface area contributed by atoms with Crippen LogP contribution >= 0.6 is 0 Å². The Bertz CT molecular complexity index is 365. The van der Waals surface area contributed by atoms with Crippen molar-refractivity contribution in [2.24, 2.45) is 17.3 Å². The fraction of sp³-hybridized carbons (Fsp3) is 0.867. The molecular formula is C15H26O4. The molecule has 0 amide bonds. The molecule has 4 heteroatoms. The molecule has 2 saturated carbocycles. The molecule has 4 N–H and O–H groups in total. The first-order valence-corrected chi connectivity index (χ1v) is 7.09. The van der Waals surface area contributed by atoms with Crippen molar-refractivity contribution in [3.63, 3.8) is 0 Å². The summed E-state index contributed by atoms with van der Waals surface area (Å²) in [5, 5.41) is 39.8. The van der Waals surface area contributed by atoms with E-state index in [1.807, 2.05) is 6.92 Å². The Morgan fingerprint density at radius 1 is 1.42 bits per heavy atom. The van der Waals surface area contributed by atoms with Crippen LogP contribution in [0.25, 0.3) is 0 Å². The van der Waals surface area contributed by atoms with E-state index in [9.17, 15) is 20.4 Å². The van der Waals surface area contributed by atoms with Crippen LogP contribution in [0.4, 0.5) is 0 Å². The summed E-state index contributed by atoms with van der Waals surface area (Å²) in [7, 11) is 0. The average molecular weight is 270 g/mol. The molecule has 110 valence electrons. The van der Waals surface area contributed by atoms with Gasteiger partial charge < -0.3 is 20.4 Å². The van der Waals surface area contributed by atoms with Gasteiger partial charge in [0.2, 0.25) is 0 Å². The Morgan fingerprint density at radius 2 is 2.05 bits per heavy atom. The molecule has 0 spiro atoms. The molecule has 2 aliphatic rings. The van der Waals surface area contributed by atoms with Gasteiger partial charge in [-0.05, 0) is 44.4 Å². The lowest BCUT2D eigenvalue weighted by molar-refractivity contribution is -0.141. The molecule has 2 fully saturated rings. The van der Waals surface area contributed by atoms with Crippen molar-refractivity contribution >= 4 is 0 Å². The first-order chi connectivity index (χ1) is 8.72. The van der Waals surface area contributed by atoms with Crippen LogP contribution in [-0.4, -0.2) is 44.8 Å². The Labute approximate surface area is 114 Å². The highest BCUT2D eigenvalue weighted by molar-refractivity contribution is 5.18. The summed E-state index contributed by atoms with van der Waals surface area (Å²) in [6.07, 6.45) is 1.15. The number of fused-ring (bicyclic) bond motifs is 1. The topological polar surface area (TPSA) is 80.9 Å². The van der Waals surface area contributed by atoms with Crippen LogP contribution in [0.1, 0.15) is 39.5 Å². The molecule has 0 heterocycles. The monoisotopic (exact) mass is 270 g/mol. The molecule has 2 aliphatic carbocycles. The molecule has 2 rings (SSSR count). The van der Waals surface area contributed by atoms with Crippen LogP contribution in [0.2, 0.25) is 0 Å². The van der Waals surface area contributed by atoms with Crippen molar-refractivity contribution < 1.29 is 20.4 Å². The third kappa shape index (κ3) is 2.35. The van der Waals surface area contributed by atoms with E-state index in [0.29, 0.717) is 12.8 Å².